The number of piperidine rings is 1. The number of benzene rings is 2. The summed E-state index contributed by atoms with van der Waals surface area (Å²) in [6, 6.07) is 12.9. The van der Waals surface area contributed by atoms with Crippen molar-refractivity contribution in [3.05, 3.63) is 58.1 Å². The van der Waals surface area contributed by atoms with Gasteiger partial charge in [-0.3, -0.25) is 9.59 Å². The van der Waals surface area contributed by atoms with E-state index in [-0.39, 0.29) is 11.8 Å². The lowest BCUT2D eigenvalue weighted by Crippen LogP contribution is -2.37. The highest BCUT2D eigenvalue weighted by atomic mass is 79.9. The molecule has 0 radical (unpaired) electrons. The second-order valence-electron chi connectivity index (χ2n) is 8.65. The molecule has 0 unspecified atom stereocenters. The molecular weight excluding hydrogens is 480 g/mol. The van der Waals surface area contributed by atoms with Crippen molar-refractivity contribution in [2.45, 2.75) is 33.6 Å². The maximum Gasteiger partial charge on any atom is 0.255 e. The molecule has 2 amide bonds. The number of rotatable bonds is 9. The van der Waals surface area contributed by atoms with Gasteiger partial charge in [0.15, 0.2) is 0 Å². The summed E-state index contributed by atoms with van der Waals surface area (Å²) in [4.78, 5) is 30.5. The van der Waals surface area contributed by atoms with Crippen LogP contribution in [0.1, 0.15) is 54.3 Å². The molecule has 0 aliphatic carbocycles. The minimum absolute atomic E-state index is 0.102. The second kappa shape index (κ2) is 12.2. The van der Waals surface area contributed by atoms with Gasteiger partial charge in [0.25, 0.3) is 11.8 Å². The monoisotopic (exact) mass is 514 g/mol. The van der Waals surface area contributed by atoms with Crippen LogP contribution < -0.4 is 15.5 Å². The molecule has 0 bridgehead atoms. The molecule has 33 heavy (non-hydrogen) atoms. The van der Waals surface area contributed by atoms with Gasteiger partial charge in [0, 0.05) is 47.6 Å². The molecule has 3 rings (SSSR count). The van der Waals surface area contributed by atoms with Crippen molar-refractivity contribution in [2.75, 3.05) is 49.5 Å². The molecule has 1 saturated heterocycles. The predicted octanol–water partition coefficient (Wildman–Crippen LogP) is 5.01. The van der Waals surface area contributed by atoms with Crippen LogP contribution in [0.15, 0.2) is 46.9 Å². The normalized spacial score (nSPS) is 14.4. The minimum Gasteiger partial charge on any atom is -0.371 e. The average molecular weight is 515 g/mol. The largest absolute Gasteiger partial charge is 0.371 e. The molecule has 2 aromatic carbocycles. The highest BCUT2D eigenvalue weighted by Gasteiger charge is 2.22. The SMILES string of the molecule is CCN(CC)CCNC(=O)c1cc(NC(=O)c2cccc(Br)c2)ccc1N1CCC(C)CC1. The molecule has 1 aliphatic rings. The van der Waals surface area contributed by atoms with Crippen LogP contribution >= 0.6 is 15.9 Å². The van der Waals surface area contributed by atoms with Crippen LogP contribution in [0, 0.1) is 5.92 Å². The van der Waals surface area contributed by atoms with Gasteiger partial charge in [-0.05, 0) is 68.2 Å². The van der Waals surface area contributed by atoms with Crippen molar-refractivity contribution in [2.24, 2.45) is 5.92 Å². The van der Waals surface area contributed by atoms with Gasteiger partial charge in [-0.2, -0.15) is 0 Å². The zero-order chi connectivity index (χ0) is 23.8. The number of likely N-dealkylation sites (N-methyl/N-ethyl adjacent to an activating group) is 1. The van der Waals surface area contributed by atoms with Crippen LogP contribution in [0.2, 0.25) is 0 Å². The Bertz CT molecular complexity index is 953. The number of carbonyl (C=O) groups excluding carboxylic acids is 2. The lowest BCUT2D eigenvalue weighted by molar-refractivity contribution is 0.0948. The Morgan fingerprint density at radius 2 is 1.79 bits per heavy atom. The Morgan fingerprint density at radius 3 is 2.45 bits per heavy atom. The van der Waals surface area contributed by atoms with E-state index in [0.717, 1.165) is 55.7 Å². The van der Waals surface area contributed by atoms with E-state index >= 15 is 0 Å². The van der Waals surface area contributed by atoms with Crippen molar-refractivity contribution in [3.63, 3.8) is 0 Å². The minimum atomic E-state index is -0.205. The molecular formula is C26H35BrN4O2. The van der Waals surface area contributed by atoms with Crippen LogP contribution in [-0.2, 0) is 0 Å². The van der Waals surface area contributed by atoms with Gasteiger partial charge in [-0.15, -0.1) is 0 Å². The van der Waals surface area contributed by atoms with Gasteiger partial charge in [0.2, 0.25) is 0 Å². The average Bonchev–Trinajstić information content (AvgIpc) is 2.82. The fraction of sp³-hybridized carbons (Fsp3) is 0.462. The zero-order valence-electron chi connectivity index (χ0n) is 19.9. The summed E-state index contributed by atoms with van der Waals surface area (Å²) >= 11 is 3.41. The zero-order valence-corrected chi connectivity index (χ0v) is 21.5. The maximum absolute atomic E-state index is 13.2. The third-order valence-corrected chi connectivity index (χ3v) is 6.81. The van der Waals surface area contributed by atoms with Crippen LogP contribution in [-0.4, -0.2) is 56.0 Å². The first kappa shape index (κ1) is 25.2. The van der Waals surface area contributed by atoms with E-state index in [2.05, 4.69) is 57.1 Å². The number of nitrogens with zero attached hydrogens (tertiary/aromatic N) is 2. The molecule has 2 aromatic rings. The van der Waals surface area contributed by atoms with Gasteiger partial charge < -0.3 is 20.4 Å². The number of anilines is 2. The van der Waals surface area contributed by atoms with E-state index in [1.54, 1.807) is 18.2 Å². The van der Waals surface area contributed by atoms with Crippen LogP contribution in [0.25, 0.3) is 0 Å². The third-order valence-electron chi connectivity index (χ3n) is 6.32. The first-order chi connectivity index (χ1) is 15.9. The van der Waals surface area contributed by atoms with E-state index in [9.17, 15) is 9.59 Å². The lowest BCUT2D eigenvalue weighted by atomic mass is 9.97. The Morgan fingerprint density at radius 1 is 1.06 bits per heavy atom. The molecule has 0 saturated carbocycles. The van der Waals surface area contributed by atoms with E-state index in [4.69, 9.17) is 0 Å². The fourth-order valence-electron chi connectivity index (χ4n) is 4.12. The van der Waals surface area contributed by atoms with Crippen molar-refractivity contribution in [3.8, 4) is 0 Å². The molecule has 2 N–H and O–H groups in total. The van der Waals surface area contributed by atoms with Crippen molar-refractivity contribution in [1.82, 2.24) is 10.2 Å². The summed E-state index contributed by atoms with van der Waals surface area (Å²) in [5.41, 5.74) is 2.71. The fourth-order valence-corrected chi connectivity index (χ4v) is 4.52. The number of carbonyl (C=O) groups is 2. The molecule has 6 nitrogen and oxygen atoms in total. The van der Waals surface area contributed by atoms with Crippen molar-refractivity contribution in [1.29, 1.82) is 0 Å². The molecule has 178 valence electrons. The number of halogens is 1. The van der Waals surface area contributed by atoms with Gasteiger partial charge in [0.05, 0.1) is 5.56 Å². The summed E-state index contributed by atoms with van der Waals surface area (Å²) < 4.78 is 0.845. The summed E-state index contributed by atoms with van der Waals surface area (Å²) in [7, 11) is 0. The molecule has 1 aliphatic heterocycles. The molecule has 0 atom stereocenters. The highest BCUT2D eigenvalue weighted by Crippen LogP contribution is 2.29. The number of amides is 2. The topological polar surface area (TPSA) is 64.7 Å². The number of hydrogen-bond donors (Lipinski definition) is 2. The highest BCUT2D eigenvalue weighted by molar-refractivity contribution is 9.10. The van der Waals surface area contributed by atoms with Gasteiger partial charge in [0.1, 0.15) is 0 Å². The Labute approximate surface area is 205 Å². The number of nitrogens with one attached hydrogen (secondary N) is 2. The van der Waals surface area contributed by atoms with E-state index < -0.39 is 0 Å². The molecule has 1 heterocycles. The van der Waals surface area contributed by atoms with Crippen molar-refractivity contribution >= 4 is 39.1 Å². The Hall–Kier alpha value is -2.38. The summed E-state index contributed by atoms with van der Waals surface area (Å²) in [6.45, 7) is 11.7. The van der Waals surface area contributed by atoms with Gasteiger partial charge in [-0.1, -0.05) is 42.8 Å². The predicted molar refractivity (Wildman–Crippen MR) is 139 cm³/mol. The quantitative estimate of drug-likeness (QED) is 0.493. The van der Waals surface area contributed by atoms with Gasteiger partial charge >= 0.3 is 0 Å². The van der Waals surface area contributed by atoms with E-state index in [0.29, 0.717) is 29.3 Å². The van der Waals surface area contributed by atoms with E-state index in [1.807, 2.05) is 24.3 Å². The molecule has 7 heteroatoms. The number of hydrogen-bond acceptors (Lipinski definition) is 4. The summed E-state index contributed by atoms with van der Waals surface area (Å²) in [6.07, 6.45) is 2.23. The molecule has 0 aromatic heterocycles. The smallest absolute Gasteiger partial charge is 0.255 e. The molecule has 1 fully saturated rings. The summed E-state index contributed by atoms with van der Waals surface area (Å²) in [5, 5.41) is 6.02. The van der Waals surface area contributed by atoms with Crippen molar-refractivity contribution < 1.29 is 9.59 Å². The van der Waals surface area contributed by atoms with Crippen LogP contribution in [0.3, 0.4) is 0 Å². The summed E-state index contributed by atoms with van der Waals surface area (Å²) in [5.74, 6) is 0.398. The third kappa shape index (κ3) is 7.05. The molecule has 0 spiro atoms. The first-order valence-corrected chi connectivity index (χ1v) is 12.7. The first-order valence-electron chi connectivity index (χ1n) is 11.9. The van der Waals surface area contributed by atoms with Crippen LogP contribution in [0.4, 0.5) is 11.4 Å². The Kier molecular flexibility index (Phi) is 9.32. The van der Waals surface area contributed by atoms with Crippen LogP contribution in [0.5, 0.6) is 0 Å². The second-order valence-corrected chi connectivity index (χ2v) is 9.56. The Balaban J connectivity index is 1.80. The maximum atomic E-state index is 13.2. The van der Waals surface area contributed by atoms with Gasteiger partial charge in [-0.25, -0.2) is 0 Å². The lowest BCUT2D eigenvalue weighted by Gasteiger charge is -2.33. The van der Waals surface area contributed by atoms with E-state index in [1.165, 1.54) is 0 Å². The standard InChI is InChI=1S/C26H35BrN4O2/c1-4-30(5-2)16-13-28-26(33)23-18-22(29-25(32)20-7-6-8-21(27)17-20)9-10-24(23)31-14-11-19(3)12-15-31/h6-10,17-19H,4-5,11-16H2,1-3H3,(H,28,33)(H,29,32).